The smallest absolute Gasteiger partial charge is 0.405 e. The number of nitrogens with zero attached hydrogens (tertiary/aromatic N) is 4. The fraction of sp³-hybridized carbons (Fsp3) is 0.357. The first-order valence-corrected chi connectivity index (χ1v) is 19.0. The van der Waals surface area contributed by atoms with Gasteiger partial charge >= 0.3 is 6.09 Å². The van der Waals surface area contributed by atoms with Crippen LogP contribution in [0.1, 0.15) is 84.0 Å². The Morgan fingerprint density at radius 2 is 1.60 bits per heavy atom. The van der Waals surface area contributed by atoms with Gasteiger partial charge in [0.05, 0.1) is 22.4 Å². The Bertz CT molecular complexity index is 2250. The molecule has 1 unspecified atom stereocenters. The molecule has 1 aliphatic carbocycles. The topological polar surface area (TPSA) is 192 Å². The standard InChI is InChI=1S/C42H43N7O8/c1-41(2,24-4-9-29(10-5-24)56-21-27-16-17-43-39(45-27)48-22-42(3,23-48)47-40(54)55)25-6-11-30(12-7-25)57-31-18-28(19-31)44-26-8-13-32-33(20-26)38(53)49(37(32)52)34-14-15-35(50)46-36(34)51/h4-13,16-17,20,28,31,34,44,47H,14-15,18-19,21-23H2,1-3H3,(H,54,55)(H,46,50,51)/t28-,31+,34?. The van der Waals surface area contributed by atoms with Crippen molar-refractivity contribution in [3.8, 4) is 11.5 Å². The minimum atomic E-state index is -1.05. The number of piperidine rings is 1. The van der Waals surface area contributed by atoms with Gasteiger partial charge in [-0.2, -0.15) is 0 Å². The van der Waals surface area contributed by atoms with Crippen LogP contribution in [0.3, 0.4) is 0 Å². The number of hydrogen-bond donors (Lipinski definition) is 4. The van der Waals surface area contributed by atoms with Gasteiger partial charge in [-0.15, -0.1) is 0 Å². The molecule has 3 aliphatic heterocycles. The third-order valence-electron chi connectivity index (χ3n) is 11.2. The van der Waals surface area contributed by atoms with Crippen molar-refractivity contribution in [3.63, 3.8) is 0 Å². The molecule has 1 atom stereocenters. The number of imide groups is 2. The first kappa shape index (κ1) is 37.4. The van der Waals surface area contributed by atoms with Crippen molar-refractivity contribution in [2.75, 3.05) is 23.3 Å². The van der Waals surface area contributed by atoms with Crippen molar-refractivity contribution in [1.82, 2.24) is 25.5 Å². The summed E-state index contributed by atoms with van der Waals surface area (Å²) in [5.74, 6) is -0.0572. The molecule has 3 aromatic carbocycles. The lowest BCUT2D eigenvalue weighted by atomic mass is 9.78. The van der Waals surface area contributed by atoms with Crippen molar-refractivity contribution in [2.45, 2.75) is 82.2 Å². The molecule has 4 aliphatic rings. The summed E-state index contributed by atoms with van der Waals surface area (Å²) >= 11 is 0. The number of aromatic nitrogens is 2. The summed E-state index contributed by atoms with van der Waals surface area (Å²) in [5, 5.41) is 17.2. The number of rotatable bonds is 12. The molecule has 15 nitrogen and oxygen atoms in total. The maximum absolute atomic E-state index is 13.2. The zero-order valence-corrected chi connectivity index (χ0v) is 31.8. The largest absolute Gasteiger partial charge is 0.490 e. The van der Waals surface area contributed by atoms with E-state index in [2.05, 4.69) is 64.0 Å². The van der Waals surface area contributed by atoms with Crippen LogP contribution in [0.5, 0.6) is 11.5 Å². The molecule has 0 spiro atoms. The lowest BCUT2D eigenvalue weighted by molar-refractivity contribution is -0.136. The summed E-state index contributed by atoms with van der Waals surface area (Å²) in [7, 11) is 0. The zero-order valence-electron chi connectivity index (χ0n) is 31.8. The minimum Gasteiger partial charge on any atom is -0.490 e. The van der Waals surface area contributed by atoms with Crippen LogP contribution in [0.2, 0.25) is 0 Å². The van der Waals surface area contributed by atoms with E-state index < -0.39 is 41.3 Å². The van der Waals surface area contributed by atoms with Gasteiger partial charge in [0.25, 0.3) is 11.8 Å². The average molecular weight is 774 g/mol. The molecule has 294 valence electrons. The normalized spacial score (nSPS) is 21.2. The maximum atomic E-state index is 13.2. The molecule has 1 saturated carbocycles. The third-order valence-corrected chi connectivity index (χ3v) is 11.2. The van der Waals surface area contributed by atoms with Crippen molar-refractivity contribution < 1.29 is 38.6 Å². The number of carbonyl (C=O) groups is 5. The Labute approximate surface area is 328 Å². The number of fused-ring (bicyclic) bond motifs is 1. The highest BCUT2D eigenvalue weighted by Crippen LogP contribution is 2.36. The van der Waals surface area contributed by atoms with Crippen LogP contribution in [0.25, 0.3) is 0 Å². The number of carboxylic acid groups (broad SMARTS) is 1. The minimum absolute atomic E-state index is 0.0242. The summed E-state index contributed by atoms with van der Waals surface area (Å²) in [6.45, 7) is 7.44. The Morgan fingerprint density at radius 1 is 0.930 bits per heavy atom. The second-order valence-electron chi connectivity index (χ2n) is 15.9. The van der Waals surface area contributed by atoms with E-state index in [1.807, 2.05) is 36.1 Å². The quantitative estimate of drug-likeness (QED) is 0.146. The van der Waals surface area contributed by atoms with Crippen LogP contribution < -0.4 is 30.3 Å². The van der Waals surface area contributed by atoms with E-state index in [9.17, 15) is 24.0 Å². The summed E-state index contributed by atoms with van der Waals surface area (Å²) in [5.41, 5.74) is 3.37. The fourth-order valence-electron chi connectivity index (χ4n) is 7.90. The number of nitrogens with one attached hydrogen (secondary N) is 3. The van der Waals surface area contributed by atoms with Crippen molar-refractivity contribution in [3.05, 3.63) is 107 Å². The van der Waals surface area contributed by atoms with Crippen molar-refractivity contribution in [2.24, 2.45) is 0 Å². The molecule has 8 rings (SSSR count). The molecule has 4 N–H and O–H groups in total. The van der Waals surface area contributed by atoms with Crippen LogP contribution in [0.15, 0.2) is 79.0 Å². The molecule has 57 heavy (non-hydrogen) atoms. The van der Waals surface area contributed by atoms with Gasteiger partial charge in [0.15, 0.2) is 0 Å². The summed E-state index contributed by atoms with van der Waals surface area (Å²) in [4.78, 5) is 73.0. The van der Waals surface area contributed by atoms with Crippen molar-refractivity contribution in [1.29, 1.82) is 0 Å². The molecular formula is C42H43N7O8. The molecule has 0 bridgehead atoms. The molecule has 1 aromatic heterocycles. The van der Waals surface area contributed by atoms with Gasteiger partial charge < -0.3 is 30.1 Å². The van der Waals surface area contributed by atoms with E-state index >= 15 is 0 Å². The van der Waals surface area contributed by atoms with E-state index in [0.717, 1.165) is 40.3 Å². The first-order chi connectivity index (χ1) is 27.2. The predicted octanol–water partition coefficient (Wildman–Crippen LogP) is 4.65. The Hall–Kier alpha value is -6.51. The van der Waals surface area contributed by atoms with Gasteiger partial charge in [-0.3, -0.25) is 29.4 Å². The van der Waals surface area contributed by atoms with Gasteiger partial charge in [-0.1, -0.05) is 38.1 Å². The number of anilines is 2. The average Bonchev–Trinajstić information content (AvgIpc) is 3.40. The molecule has 0 radical (unpaired) electrons. The molecule has 3 fully saturated rings. The summed E-state index contributed by atoms with van der Waals surface area (Å²) < 4.78 is 12.3. The van der Waals surface area contributed by atoms with Gasteiger partial charge in [-0.25, -0.2) is 14.8 Å². The highest BCUT2D eigenvalue weighted by atomic mass is 16.5. The Balaban J connectivity index is 0.804. The van der Waals surface area contributed by atoms with Crippen molar-refractivity contribution >= 4 is 41.4 Å². The Morgan fingerprint density at radius 3 is 2.26 bits per heavy atom. The third kappa shape index (κ3) is 7.56. The predicted molar refractivity (Wildman–Crippen MR) is 207 cm³/mol. The number of amides is 5. The van der Waals surface area contributed by atoms with E-state index in [-0.39, 0.29) is 48.1 Å². The maximum Gasteiger partial charge on any atom is 0.405 e. The molecule has 5 amide bonds. The van der Waals surface area contributed by atoms with Crippen LogP contribution in [0.4, 0.5) is 16.4 Å². The Kier molecular flexibility index (Phi) is 9.54. The summed E-state index contributed by atoms with van der Waals surface area (Å²) in [6.07, 6.45) is 2.37. The fourth-order valence-corrected chi connectivity index (χ4v) is 7.90. The second kappa shape index (κ2) is 14.5. The summed E-state index contributed by atoms with van der Waals surface area (Å²) in [6, 6.07) is 22.1. The highest BCUT2D eigenvalue weighted by Gasteiger charge is 2.45. The zero-order chi connectivity index (χ0) is 40.1. The van der Waals surface area contributed by atoms with E-state index in [1.54, 1.807) is 30.5 Å². The van der Waals surface area contributed by atoms with E-state index in [1.165, 1.54) is 0 Å². The molecule has 2 saturated heterocycles. The number of carbonyl (C=O) groups excluding carboxylic acids is 4. The van der Waals surface area contributed by atoms with Crippen LogP contribution in [-0.4, -0.2) is 86.5 Å². The number of benzene rings is 3. The lowest BCUT2D eigenvalue weighted by Gasteiger charge is -2.47. The van der Waals surface area contributed by atoms with E-state index in [0.29, 0.717) is 30.5 Å². The highest BCUT2D eigenvalue weighted by molar-refractivity contribution is 6.23. The molecular weight excluding hydrogens is 731 g/mol. The first-order valence-electron chi connectivity index (χ1n) is 19.0. The van der Waals surface area contributed by atoms with Gasteiger partial charge in [0.2, 0.25) is 17.8 Å². The number of hydrogen-bond acceptors (Lipinski definition) is 11. The van der Waals surface area contributed by atoms with Crippen LogP contribution in [0, 0.1) is 0 Å². The van der Waals surface area contributed by atoms with Gasteiger partial charge in [-0.05, 0) is 73.0 Å². The number of ether oxygens (including phenoxy) is 2. The van der Waals surface area contributed by atoms with Crippen LogP contribution in [-0.2, 0) is 21.6 Å². The van der Waals surface area contributed by atoms with E-state index in [4.69, 9.17) is 14.6 Å². The molecule has 4 aromatic rings. The molecule has 4 heterocycles. The lowest BCUT2D eigenvalue weighted by Crippen LogP contribution is -2.69. The van der Waals surface area contributed by atoms with Gasteiger partial charge in [0.1, 0.15) is 30.3 Å². The monoisotopic (exact) mass is 773 g/mol. The second-order valence-corrected chi connectivity index (χ2v) is 15.9. The molecule has 15 heteroatoms. The van der Waals surface area contributed by atoms with Gasteiger partial charge in [0, 0.05) is 55.7 Å². The van der Waals surface area contributed by atoms with Crippen LogP contribution >= 0.6 is 0 Å². The SMILES string of the molecule is CC1(NC(=O)O)CN(c2nccc(COc3ccc(C(C)(C)c4ccc(O[C@H]5C[C@@H](Nc6ccc7c(c6)C(=O)N(C6CCC(=O)NC6=O)C7=O)C5)cc4)cc3)n2)C1.